The monoisotopic (exact) mass is 360 g/mol. The molecule has 24 heavy (non-hydrogen) atoms. The van der Waals surface area contributed by atoms with Gasteiger partial charge in [0.2, 0.25) is 5.95 Å². The van der Waals surface area contributed by atoms with Crippen LogP contribution in [0.1, 0.15) is 29.3 Å². The molecule has 2 aliphatic heterocycles. The van der Waals surface area contributed by atoms with Crippen LogP contribution in [0, 0.1) is 5.92 Å². The van der Waals surface area contributed by atoms with Gasteiger partial charge in [-0.15, -0.1) is 23.1 Å². The summed E-state index contributed by atoms with van der Waals surface area (Å²) in [5, 5.41) is 3.66. The third-order valence-electron chi connectivity index (χ3n) is 5.27. The molecular weight excluding hydrogens is 340 g/mol. The van der Waals surface area contributed by atoms with Gasteiger partial charge in [-0.2, -0.15) is 0 Å². The number of hydrogen-bond acceptors (Lipinski definition) is 8. The molecule has 2 aromatic rings. The van der Waals surface area contributed by atoms with Crippen molar-refractivity contribution in [3.63, 3.8) is 0 Å². The first-order valence-electron chi connectivity index (χ1n) is 8.36. The minimum atomic E-state index is -0.134. The zero-order valence-electron chi connectivity index (χ0n) is 13.3. The van der Waals surface area contributed by atoms with E-state index in [0.29, 0.717) is 11.8 Å². The Hall–Kier alpha value is -1.22. The molecule has 3 fully saturated rings. The second-order valence-corrected chi connectivity index (χ2v) is 8.93. The molecule has 3 unspecified atom stereocenters. The van der Waals surface area contributed by atoms with Gasteiger partial charge in [-0.3, -0.25) is 10.3 Å². The molecular formula is C16H20N6S2. The van der Waals surface area contributed by atoms with Crippen LogP contribution in [-0.4, -0.2) is 39.3 Å². The summed E-state index contributed by atoms with van der Waals surface area (Å²) in [6.07, 6.45) is 6.41. The van der Waals surface area contributed by atoms with E-state index in [1.807, 2.05) is 17.9 Å². The molecule has 6 nitrogen and oxygen atoms in total. The number of aromatic nitrogens is 3. The summed E-state index contributed by atoms with van der Waals surface area (Å²) in [6, 6.07) is 2.06. The minimum absolute atomic E-state index is 0.0398. The van der Waals surface area contributed by atoms with Crippen molar-refractivity contribution in [1.82, 2.24) is 20.3 Å². The average Bonchev–Trinajstić information content (AvgIpc) is 3.15. The molecule has 1 aliphatic carbocycles. The molecule has 8 heteroatoms. The summed E-state index contributed by atoms with van der Waals surface area (Å²) in [6.45, 7) is 1.81. The molecule has 126 valence electrons. The molecule has 3 N–H and O–H groups in total. The molecule has 0 aromatic carbocycles. The Morgan fingerprint density at radius 3 is 3.08 bits per heavy atom. The van der Waals surface area contributed by atoms with Crippen molar-refractivity contribution < 1.29 is 0 Å². The zero-order chi connectivity index (χ0) is 16.1. The molecule has 2 saturated heterocycles. The van der Waals surface area contributed by atoms with Crippen molar-refractivity contribution in [3.8, 4) is 0 Å². The SMILES string of the molecule is NC1NC2(c3cncs3)CN(c3nccc(C4CC4)n3)CC2CS1. The summed E-state index contributed by atoms with van der Waals surface area (Å²) >= 11 is 3.50. The summed E-state index contributed by atoms with van der Waals surface area (Å²) in [5.41, 5.74) is 9.15. The van der Waals surface area contributed by atoms with E-state index >= 15 is 0 Å². The first-order chi connectivity index (χ1) is 11.7. The van der Waals surface area contributed by atoms with Gasteiger partial charge in [0.05, 0.1) is 11.0 Å². The van der Waals surface area contributed by atoms with Crippen LogP contribution in [0.2, 0.25) is 0 Å². The Morgan fingerprint density at radius 2 is 2.29 bits per heavy atom. The van der Waals surface area contributed by atoms with Crippen LogP contribution < -0.4 is 16.0 Å². The lowest BCUT2D eigenvalue weighted by Crippen LogP contribution is -2.58. The second-order valence-electron chi connectivity index (χ2n) is 6.87. The predicted molar refractivity (Wildman–Crippen MR) is 97.1 cm³/mol. The second kappa shape index (κ2) is 5.66. The maximum Gasteiger partial charge on any atom is 0.225 e. The van der Waals surface area contributed by atoms with Crippen LogP contribution in [0.4, 0.5) is 5.95 Å². The van der Waals surface area contributed by atoms with Crippen molar-refractivity contribution in [2.45, 2.75) is 29.8 Å². The van der Waals surface area contributed by atoms with E-state index < -0.39 is 0 Å². The van der Waals surface area contributed by atoms with Crippen molar-refractivity contribution in [3.05, 3.63) is 34.5 Å². The van der Waals surface area contributed by atoms with Gasteiger partial charge >= 0.3 is 0 Å². The summed E-state index contributed by atoms with van der Waals surface area (Å²) in [5.74, 6) is 3.04. The van der Waals surface area contributed by atoms with E-state index in [2.05, 4.69) is 26.3 Å². The number of hydrogen-bond donors (Lipinski definition) is 2. The normalized spacial score (nSPS) is 32.8. The first-order valence-corrected chi connectivity index (χ1v) is 10.3. The summed E-state index contributed by atoms with van der Waals surface area (Å²) in [7, 11) is 0. The maximum atomic E-state index is 6.22. The van der Waals surface area contributed by atoms with Crippen molar-refractivity contribution in [2.75, 3.05) is 23.7 Å². The molecule has 2 aromatic heterocycles. The van der Waals surface area contributed by atoms with Gasteiger partial charge in [0.25, 0.3) is 0 Å². The van der Waals surface area contributed by atoms with Gasteiger partial charge in [0.15, 0.2) is 0 Å². The van der Waals surface area contributed by atoms with Crippen LogP contribution >= 0.6 is 23.1 Å². The van der Waals surface area contributed by atoms with Gasteiger partial charge in [-0.05, 0) is 18.9 Å². The van der Waals surface area contributed by atoms with Gasteiger partial charge in [-0.1, -0.05) is 0 Å². The third-order valence-corrected chi connectivity index (χ3v) is 7.29. The molecule has 0 bridgehead atoms. The number of nitrogens with two attached hydrogens (primary N) is 1. The van der Waals surface area contributed by atoms with Gasteiger partial charge in [0, 0.05) is 53.6 Å². The van der Waals surface area contributed by atoms with Gasteiger partial charge in [0.1, 0.15) is 5.50 Å². The molecule has 0 amide bonds. The van der Waals surface area contributed by atoms with Crippen LogP contribution in [0.5, 0.6) is 0 Å². The number of anilines is 1. The largest absolute Gasteiger partial charge is 0.338 e. The third kappa shape index (κ3) is 2.44. The zero-order valence-corrected chi connectivity index (χ0v) is 14.9. The van der Waals surface area contributed by atoms with Crippen LogP contribution in [0.3, 0.4) is 0 Å². The Labute approximate surface area is 149 Å². The van der Waals surface area contributed by atoms with E-state index in [-0.39, 0.29) is 11.0 Å². The maximum absolute atomic E-state index is 6.22. The number of nitrogens with one attached hydrogen (secondary N) is 1. The van der Waals surface area contributed by atoms with Crippen LogP contribution in [-0.2, 0) is 5.54 Å². The lowest BCUT2D eigenvalue weighted by atomic mass is 9.87. The number of rotatable bonds is 3. The number of thiazole rings is 1. The Kier molecular flexibility index (Phi) is 3.55. The first kappa shape index (κ1) is 15.1. The van der Waals surface area contributed by atoms with E-state index in [4.69, 9.17) is 10.7 Å². The van der Waals surface area contributed by atoms with E-state index in [9.17, 15) is 0 Å². The number of nitrogens with zero attached hydrogens (tertiary/aromatic N) is 4. The lowest BCUT2D eigenvalue weighted by Gasteiger charge is -2.41. The standard InChI is InChI=1S/C16H20N6S2/c17-14-21-16(13-5-18-9-24-13)8-22(6-11(16)7-23-14)15-19-4-3-12(20-15)10-1-2-10/h3-5,9-11,14,21H,1-2,6-8,17H2. The van der Waals surface area contributed by atoms with Crippen LogP contribution in [0.15, 0.2) is 24.0 Å². The summed E-state index contributed by atoms with van der Waals surface area (Å²) in [4.78, 5) is 17.3. The van der Waals surface area contributed by atoms with Gasteiger partial charge < -0.3 is 10.6 Å². The molecule has 5 rings (SSSR count). The molecule has 1 saturated carbocycles. The minimum Gasteiger partial charge on any atom is -0.338 e. The lowest BCUT2D eigenvalue weighted by molar-refractivity contribution is 0.279. The molecule has 3 atom stereocenters. The smallest absolute Gasteiger partial charge is 0.225 e. The fourth-order valence-corrected chi connectivity index (χ4v) is 5.83. The predicted octanol–water partition coefficient (Wildman–Crippen LogP) is 1.72. The van der Waals surface area contributed by atoms with Gasteiger partial charge in [-0.25, -0.2) is 9.97 Å². The van der Waals surface area contributed by atoms with E-state index in [0.717, 1.165) is 24.8 Å². The Balaban J connectivity index is 1.49. The van der Waals surface area contributed by atoms with E-state index in [1.165, 1.54) is 23.4 Å². The van der Waals surface area contributed by atoms with Crippen molar-refractivity contribution in [2.24, 2.45) is 11.7 Å². The molecule has 4 heterocycles. The highest BCUT2D eigenvalue weighted by molar-refractivity contribution is 7.99. The molecule has 0 radical (unpaired) electrons. The highest BCUT2D eigenvalue weighted by Crippen LogP contribution is 2.45. The fraction of sp³-hybridized carbons (Fsp3) is 0.562. The highest BCUT2D eigenvalue weighted by Gasteiger charge is 2.52. The quantitative estimate of drug-likeness (QED) is 0.863. The summed E-state index contributed by atoms with van der Waals surface area (Å²) < 4.78 is 0. The van der Waals surface area contributed by atoms with Crippen molar-refractivity contribution >= 4 is 29.0 Å². The van der Waals surface area contributed by atoms with Crippen LogP contribution in [0.25, 0.3) is 0 Å². The fourth-order valence-electron chi connectivity index (χ4n) is 3.85. The molecule has 3 aliphatic rings. The Morgan fingerprint density at radius 1 is 1.38 bits per heavy atom. The number of fused-ring (bicyclic) bond motifs is 1. The Bertz CT molecular complexity index is 734. The highest BCUT2D eigenvalue weighted by atomic mass is 32.2. The average molecular weight is 361 g/mol. The topological polar surface area (TPSA) is 80.0 Å². The van der Waals surface area contributed by atoms with E-state index in [1.54, 1.807) is 23.1 Å². The molecule has 0 spiro atoms. The number of thioether (sulfide) groups is 1. The van der Waals surface area contributed by atoms with Crippen molar-refractivity contribution in [1.29, 1.82) is 0 Å².